The first-order valence-corrected chi connectivity index (χ1v) is 17.2. The van der Waals surface area contributed by atoms with Gasteiger partial charge in [-0.25, -0.2) is 14.4 Å². The first kappa shape index (κ1) is 29.6. The third kappa shape index (κ3) is 4.82. The zero-order valence-corrected chi connectivity index (χ0v) is 27.1. The van der Waals surface area contributed by atoms with E-state index in [0.29, 0.717) is 5.52 Å². The highest BCUT2D eigenvalue weighted by Gasteiger charge is 2.47. The average molecular weight is 626 g/mol. The highest BCUT2D eigenvalue weighted by molar-refractivity contribution is 5.99. The van der Waals surface area contributed by atoms with E-state index in [9.17, 15) is 9.59 Å². The Morgan fingerprint density at radius 2 is 1.80 bits per heavy atom. The lowest BCUT2D eigenvalue weighted by molar-refractivity contribution is -0.130. The Morgan fingerprint density at radius 3 is 2.54 bits per heavy atom. The molecule has 1 saturated carbocycles. The van der Waals surface area contributed by atoms with E-state index in [0.717, 1.165) is 105 Å². The molecule has 1 aromatic carbocycles. The Balaban J connectivity index is 1.23. The number of carbonyl (C=O) groups excluding carboxylic acids is 2. The van der Waals surface area contributed by atoms with Crippen LogP contribution >= 0.6 is 0 Å². The lowest BCUT2D eigenvalue weighted by Gasteiger charge is -2.26. The molecule has 0 unspecified atom stereocenters. The van der Waals surface area contributed by atoms with Crippen LogP contribution < -0.4 is 11.1 Å². The number of carbonyl (C=O) groups is 2. The number of fused-ring (bicyclic) bond motifs is 4. The van der Waals surface area contributed by atoms with E-state index < -0.39 is 11.2 Å². The van der Waals surface area contributed by atoms with Crippen molar-refractivity contribution in [3.63, 3.8) is 0 Å². The maximum atomic E-state index is 15.9. The van der Waals surface area contributed by atoms with Crippen molar-refractivity contribution in [3.05, 3.63) is 47.4 Å². The van der Waals surface area contributed by atoms with Crippen molar-refractivity contribution in [1.29, 1.82) is 0 Å². The fourth-order valence-corrected chi connectivity index (χ4v) is 8.22. The molecule has 4 atom stereocenters. The second-order valence-corrected chi connectivity index (χ2v) is 14.8. The molecule has 3 N–H and O–H groups in total. The molecule has 9 nitrogen and oxygen atoms in total. The molecule has 0 radical (unpaired) electrons. The number of nitrogens with zero attached hydrogens (tertiary/aromatic N) is 5. The summed E-state index contributed by atoms with van der Waals surface area (Å²) in [5.41, 5.74) is 9.95. The van der Waals surface area contributed by atoms with Crippen LogP contribution in [0.5, 0.6) is 0 Å². The van der Waals surface area contributed by atoms with E-state index in [1.807, 2.05) is 31.7 Å². The van der Waals surface area contributed by atoms with Crippen LogP contribution in [0.2, 0.25) is 0 Å². The Morgan fingerprint density at radius 1 is 1.02 bits per heavy atom. The van der Waals surface area contributed by atoms with Gasteiger partial charge < -0.3 is 25.1 Å². The molecule has 10 heteroatoms. The molecule has 46 heavy (non-hydrogen) atoms. The molecule has 2 amide bonds. The molecule has 4 aliphatic rings. The third-order valence-corrected chi connectivity index (χ3v) is 11.1. The summed E-state index contributed by atoms with van der Waals surface area (Å²) in [7, 11) is 0. The number of imidazole rings is 1. The summed E-state index contributed by atoms with van der Waals surface area (Å²) in [5, 5.41) is 4.21. The van der Waals surface area contributed by atoms with Crippen molar-refractivity contribution < 1.29 is 14.0 Å². The number of nitrogens with one attached hydrogen (secondary N) is 1. The predicted octanol–water partition coefficient (Wildman–Crippen LogP) is 6.40. The van der Waals surface area contributed by atoms with Crippen LogP contribution in [-0.4, -0.2) is 53.9 Å². The molecule has 1 aliphatic carbocycles. The smallest absolute Gasteiger partial charge is 0.257 e. The molecule has 8 rings (SSSR count). The van der Waals surface area contributed by atoms with E-state index >= 15 is 4.39 Å². The van der Waals surface area contributed by atoms with Crippen molar-refractivity contribution in [2.24, 2.45) is 11.1 Å². The van der Waals surface area contributed by atoms with E-state index in [1.54, 1.807) is 6.07 Å². The zero-order valence-electron chi connectivity index (χ0n) is 27.1. The van der Waals surface area contributed by atoms with Crippen molar-refractivity contribution in [2.45, 2.75) is 122 Å². The Labute approximate surface area is 268 Å². The van der Waals surface area contributed by atoms with Gasteiger partial charge in [-0.15, -0.1) is 0 Å². The third-order valence-electron chi connectivity index (χ3n) is 11.1. The molecule has 4 aromatic rings. The van der Waals surface area contributed by atoms with Gasteiger partial charge in [-0.2, -0.15) is 0 Å². The quantitative estimate of drug-likeness (QED) is 0.274. The van der Waals surface area contributed by atoms with Crippen LogP contribution in [-0.2, 0) is 11.3 Å². The molecule has 242 valence electrons. The molecular formula is C36H44FN7O2. The number of rotatable bonds is 3. The number of pyridine rings is 1. The summed E-state index contributed by atoms with van der Waals surface area (Å²) in [5.74, 6) is 0.0659. The predicted molar refractivity (Wildman–Crippen MR) is 176 cm³/mol. The number of hydrogen-bond acceptors (Lipinski definition) is 5. The molecule has 2 saturated heterocycles. The Hall–Kier alpha value is -3.79. The summed E-state index contributed by atoms with van der Waals surface area (Å²) in [4.78, 5) is 39.0. The van der Waals surface area contributed by atoms with Gasteiger partial charge in [-0.3, -0.25) is 9.59 Å². The van der Waals surface area contributed by atoms with Crippen LogP contribution in [0, 0.1) is 11.2 Å². The first-order valence-electron chi connectivity index (χ1n) is 17.2. The van der Waals surface area contributed by atoms with Gasteiger partial charge in [0, 0.05) is 47.6 Å². The summed E-state index contributed by atoms with van der Waals surface area (Å²) in [6.45, 7) is 6.82. The number of amides is 2. The van der Waals surface area contributed by atoms with Crippen molar-refractivity contribution in [2.75, 3.05) is 0 Å². The molecule has 4 bridgehead atoms. The fourth-order valence-electron chi connectivity index (χ4n) is 8.22. The van der Waals surface area contributed by atoms with Gasteiger partial charge in [0.05, 0.1) is 34.0 Å². The van der Waals surface area contributed by atoms with Crippen molar-refractivity contribution in [3.8, 4) is 11.5 Å². The van der Waals surface area contributed by atoms with Gasteiger partial charge in [-0.05, 0) is 76.1 Å². The number of benzene rings is 1. The molecule has 3 aromatic heterocycles. The summed E-state index contributed by atoms with van der Waals surface area (Å²) >= 11 is 0. The van der Waals surface area contributed by atoms with Crippen LogP contribution in [0.1, 0.15) is 113 Å². The molecule has 0 spiro atoms. The molecular weight excluding hydrogens is 581 g/mol. The van der Waals surface area contributed by atoms with Crippen molar-refractivity contribution >= 4 is 33.9 Å². The van der Waals surface area contributed by atoms with Crippen LogP contribution in [0.25, 0.3) is 33.6 Å². The minimum atomic E-state index is -0.502. The van der Waals surface area contributed by atoms with Crippen molar-refractivity contribution in [1.82, 2.24) is 29.3 Å². The standard InChI is InChI=1S/C36H44FN7O2/c1-20-27-12-8-21-16-31(42(32(21)40-27)15-7-5-4-6-14-36(2,3)35(46)39-20)33-41-28-18-24(25(37)19-30(28)43(33)22-9-10-22)34(45)44-23-11-13-29(44)26(38)17-23/h8,12,16,18-20,22-23,26,29H,4-7,9-11,13-15,17,38H2,1-3H3,(H,39,46)/t20-,23+,26-,29-/m1/s1. The number of nitrogens with two attached hydrogens (primary N) is 1. The Bertz CT molecular complexity index is 1870. The summed E-state index contributed by atoms with van der Waals surface area (Å²) in [6, 6.07) is 9.42. The minimum Gasteiger partial charge on any atom is -0.348 e. The van der Waals surface area contributed by atoms with E-state index in [2.05, 4.69) is 26.6 Å². The van der Waals surface area contributed by atoms with E-state index in [-0.39, 0.29) is 47.6 Å². The number of hydrogen-bond donors (Lipinski definition) is 2. The van der Waals surface area contributed by atoms with Gasteiger partial charge in [0.1, 0.15) is 11.5 Å². The van der Waals surface area contributed by atoms with Gasteiger partial charge >= 0.3 is 0 Å². The van der Waals surface area contributed by atoms with E-state index in [4.69, 9.17) is 15.7 Å². The lowest BCUT2D eigenvalue weighted by Crippen LogP contribution is -2.40. The van der Waals surface area contributed by atoms with Gasteiger partial charge in [0.15, 0.2) is 5.82 Å². The first-order chi connectivity index (χ1) is 22.1. The Kier molecular flexibility index (Phi) is 7.01. The van der Waals surface area contributed by atoms with E-state index in [1.165, 1.54) is 6.07 Å². The lowest BCUT2D eigenvalue weighted by atomic mass is 9.85. The number of aryl methyl sites for hydroxylation is 1. The largest absolute Gasteiger partial charge is 0.348 e. The van der Waals surface area contributed by atoms with Gasteiger partial charge in [-0.1, -0.05) is 33.1 Å². The zero-order chi connectivity index (χ0) is 31.9. The summed E-state index contributed by atoms with van der Waals surface area (Å²) in [6.07, 6.45) is 9.52. The highest BCUT2D eigenvalue weighted by Crippen LogP contribution is 2.44. The fraction of sp³-hybridized carbons (Fsp3) is 0.556. The molecule has 6 heterocycles. The monoisotopic (exact) mass is 625 g/mol. The van der Waals surface area contributed by atoms with Crippen LogP contribution in [0.3, 0.4) is 0 Å². The maximum Gasteiger partial charge on any atom is 0.257 e. The number of aromatic nitrogens is 4. The van der Waals surface area contributed by atoms with Crippen LogP contribution in [0.15, 0.2) is 30.3 Å². The molecule has 3 aliphatic heterocycles. The molecule has 3 fully saturated rings. The summed E-state index contributed by atoms with van der Waals surface area (Å²) < 4.78 is 20.3. The number of halogens is 1. The van der Waals surface area contributed by atoms with Gasteiger partial charge in [0.2, 0.25) is 5.91 Å². The topological polar surface area (TPSA) is 111 Å². The second-order valence-electron chi connectivity index (χ2n) is 14.8. The second kappa shape index (κ2) is 10.9. The minimum absolute atomic E-state index is 0.0168. The highest BCUT2D eigenvalue weighted by atomic mass is 19.1. The SMILES string of the molecule is C[C@H]1NC(=O)C(C)(C)CCCCCCn2c(-c3nc4cc(C(=O)N5[C@H]6CC[C@@H]5[C@H](N)C6)c(F)cc4n3C3CC3)cc3ccc1nc32. The average Bonchev–Trinajstić information content (AvgIpc) is 3.37. The van der Waals surface area contributed by atoms with Gasteiger partial charge in [0.25, 0.3) is 5.91 Å². The van der Waals surface area contributed by atoms with Crippen LogP contribution in [0.4, 0.5) is 4.39 Å². The maximum absolute atomic E-state index is 15.9. The normalized spacial score (nSPS) is 26.6.